The predicted octanol–water partition coefficient (Wildman–Crippen LogP) is 3.54. The van der Waals surface area contributed by atoms with Crippen molar-refractivity contribution in [1.29, 1.82) is 0 Å². The molecule has 0 spiro atoms. The Morgan fingerprint density at radius 2 is 1.89 bits per heavy atom. The van der Waals surface area contributed by atoms with E-state index < -0.39 is 24.1 Å². The number of ether oxygens (including phenoxy) is 1. The summed E-state index contributed by atoms with van der Waals surface area (Å²) in [5.74, 6) is -0.913. The van der Waals surface area contributed by atoms with E-state index in [9.17, 15) is 23.1 Å². The normalized spacial score (nSPS) is 12.8. The number of hydrogen-bond acceptors (Lipinski definition) is 3. The first-order valence-electron chi connectivity index (χ1n) is 8.10. The molecule has 0 aliphatic heterocycles. The minimum absolute atomic E-state index is 0.0298. The van der Waals surface area contributed by atoms with Gasteiger partial charge in [0.05, 0.1) is 6.10 Å². The maximum atomic E-state index is 12.1. The third kappa shape index (κ3) is 4.59. The number of aliphatic hydroxyl groups is 1. The first-order valence-corrected chi connectivity index (χ1v) is 8.10. The third-order valence-electron chi connectivity index (χ3n) is 4.10. The number of aromatic nitrogens is 1. The van der Waals surface area contributed by atoms with Gasteiger partial charge in [-0.15, -0.1) is 13.2 Å². The van der Waals surface area contributed by atoms with Gasteiger partial charge in [-0.05, 0) is 53.4 Å². The SMILES string of the molecule is Cn1ccc2cc([C@H](O)CNC(=O)c3ccc(OC(F)(F)F)cc3)ccc21. The van der Waals surface area contributed by atoms with E-state index in [2.05, 4.69) is 10.1 Å². The Kier molecular flexibility index (Phi) is 5.09. The Morgan fingerprint density at radius 1 is 1.19 bits per heavy atom. The number of aryl methyl sites for hydroxylation is 1. The van der Waals surface area contributed by atoms with Gasteiger partial charge >= 0.3 is 6.36 Å². The minimum atomic E-state index is -4.78. The van der Waals surface area contributed by atoms with Crippen LogP contribution in [0.1, 0.15) is 22.0 Å². The first-order chi connectivity index (χ1) is 12.7. The van der Waals surface area contributed by atoms with Crippen LogP contribution in [-0.2, 0) is 7.05 Å². The molecule has 1 amide bonds. The molecule has 2 aromatic carbocycles. The largest absolute Gasteiger partial charge is 0.573 e. The highest BCUT2D eigenvalue weighted by atomic mass is 19.4. The summed E-state index contributed by atoms with van der Waals surface area (Å²) in [7, 11) is 1.92. The van der Waals surface area contributed by atoms with E-state index in [0.29, 0.717) is 5.56 Å². The van der Waals surface area contributed by atoms with Crippen LogP contribution < -0.4 is 10.1 Å². The lowest BCUT2D eigenvalue weighted by Crippen LogP contribution is -2.28. The van der Waals surface area contributed by atoms with Crippen LogP contribution in [0.2, 0.25) is 0 Å². The van der Waals surface area contributed by atoms with Crippen molar-refractivity contribution in [2.75, 3.05) is 6.54 Å². The first kappa shape index (κ1) is 18.8. The Hall–Kier alpha value is -3.00. The van der Waals surface area contributed by atoms with Crippen LogP contribution >= 0.6 is 0 Å². The summed E-state index contributed by atoms with van der Waals surface area (Å²) >= 11 is 0. The maximum Gasteiger partial charge on any atom is 0.573 e. The lowest BCUT2D eigenvalue weighted by atomic mass is 10.1. The molecule has 0 aliphatic rings. The number of amides is 1. The van der Waals surface area contributed by atoms with Gasteiger partial charge in [0.15, 0.2) is 0 Å². The molecule has 0 saturated carbocycles. The summed E-state index contributed by atoms with van der Waals surface area (Å²) in [6, 6.07) is 12.0. The number of hydrogen-bond donors (Lipinski definition) is 2. The lowest BCUT2D eigenvalue weighted by molar-refractivity contribution is -0.274. The zero-order chi connectivity index (χ0) is 19.6. The molecule has 0 saturated heterocycles. The summed E-state index contributed by atoms with van der Waals surface area (Å²) in [5, 5.41) is 13.8. The number of nitrogens with zero attached hydrogens (tertiary/aromatic N) is 1. The average Bonchev–Trinajstić information content (AvgIpc) is 2.99. The maximum absolute atomic E-state index is 12.1. The van der Waals surface area contributed by atoms with Crippen LogP contribution in [0, 0.1) is 0 Å². The molecule has 2 N–H and O–H groups in total. The molecule has 0 unspecified atom stereocenters. The van der Waals surface area contributed by atoms with Crippen molar-refractivity contribution in [2.45, 2.75) is 12.5 Å². The number of benzene rings is 2. The molecule has 1 aromatic heterocycles. The van der Waals surface area contributed by atoms with Crippen molar-refractivity contribution in [1.82, 2.24) is 9.88 Å². The summed E-state index contributed by atoms with van der Waals surface area (Å²) in [5.41, 5.74) is 1.84. The number of rotatable bonds is 5. The van der Waals surface area contributed by atoms with Crippen LogP contribution in [-0.4, -0.2) is 28.5 Å². The molecule has 27 heavy (non-hydrogen) atoms. The van der Waals surface area contributed by atoms with Gasteiger partial charge in [0.25, 0.3) is 5.91 Å². The van der Waals surface area contributed by atoms with Gasteiger partial charge < -0.3 is 19.7 Å². The van der Waals surface area contributed by atoms with E-state index in [4.69, 9.17) is 0 Å². The van der Waals surface area contributed by atoms with Gasteiger partial charge in [0.2, 0.25) is 0 Å². The van der Waals surface area contributed by atoms with Crippen molar-refractivity contribution >= 4 is 16.8 Å². The van der Waals surface area contributed by atoms with Crippen LogP contribution in [0.4, 0.5) is 13.2 Å². The molecule has 142 valence electrons. The Morgan fingerprint density at radius 3 is 2.56 bits per heavy atom. The molecular formula is C19H17F3N2O3. The van der Waals surface area contributed by atoms with E-state index in [1.807, 2.05) is 36.0 Å². The molecule has 0 bridgehead atoms. The Balaban J connectivity index is 1.60. The van der Waals surface area contributed by atoms with Gasteiger partial charge in [-0.2, -0.15) is 0 Å². The second-order valence-electron chi connectivity index (χ2n) is 6.04. The number of nitrogens with one attached hydrogen (secondary N) is 1. The molecule has 3 rings (SSSR count). The molecule has 1 atom stereocenters. The zero-order valence-corrected chi connectivity index (χ0v) is 14.3. The van der Waals surface area contributed by atoms with Crippen LogP contribution in [0.3, 0.4) is 0 Å². The fourth-order valence-electron chi connectivity index (χ4n) is 2.72. The van der Waals surface area contributed by atoms with Crippen molar-refractivity contribution in [3.63, 3.8) is 0 Å². The lowest BCUT2D eigenvalue weighted by Gasteiger charge is -2.13. The molecule has 0 fully saturated rings. The summed E-state index contributed by atoms with van der Waals surface area (Å²) < 4.78 is 42.1. The van der Waals surface area contributed by atoms with Crippen LogP contribution in [0.15, 0.2) is 54.7 Å². The highest BCUT2D eigenvalue weighted by molar-refractivity contribution is 5.94. The predicted molar refractivity (Wildman–Crippen MR) is 93.3 cm³/mol. The second kappa shape index (κ2) is 7.32. The van der Waals surface area contributed by atoms with E-state index in [1.165, 1.54) is 12.1 Å². The topological polar surface area (TPSA) is 63.5 Å². The Bertz CT molecular complexity index is 949. The van der Waals surface area contributed by atoms with Crippen LogP contribution in [0.5, 0.6) is 5.75 Å². The number of fused-ring (bicyclic) bond motifs is 1. The number of alkyl halides is 3. The molecule has 1 heterocycles. The van der Waals surface area contributed by atoms with Crippen molar-refractivity contribution in [3.05, 3.63) is 65.9 Å². The monoisotopic (exact) mass is 378 g/mol. The number of halogens is 3. The molecular weight excluding hydrogens is 361 g/mol. The molecule has 0 radical (unpaired) electrons. The smallest absolute Gasteiger partial charge is 0.406 e. The summed E-state index contributed by atoms with van der Waals surface area (Å²) in [6.07, 6.45) is -3.78. The molecule has 0 aliphatic carbocycles. The van der Waals surface area contributed by atoms with E-state index in [0.717, 1.165) is 23.0 Å². The van der Waals surface area contributed by atoms with Crippen molar-refractivity contribution in [3.8, 4) is 5.75 Å². The van der Waals surface area contributed by atoms with Crippen LogP contribution in [0.25, 0.3) is 10.9 Å². The van der Waals surface area contributed by atoms with Gasteiger partial charge in [-0.25, -0.2) is 0 Å². The molecule has 5 nitrogen and oxygen atoms in total. The number of carbonyl (C=O) groups is 1. The van der Waals surface area contributed by atoms with Gasteiger partial charge in [0.1, 0.15) is 5.75 Å². The zero-order valence-electron chi connectivity index (χ0n) is 14.3. The molecule has 3 aromatic rings. The quantitative estimate of drug-likeness (QED) is 0.714. The average molecular weight is 378 g/mol. The van der Waals surface area contributed by atoms with Gasteiger partial charge in [0, 0.05) is 30.9 Å². The molecule has 8 heteroatoms. The number of aliphatic hydroxyl groups excluding tert-OH is 1. The summed E-state index contributed by atoms with van der Waals surface area (Å²) in [4.78, 5) is 12.1. The minimum Gasteiger partial charge on any atom is -0.406 e. The van der Waals surface area contributed by atoms with E-state index >= 15 is 0 Å². The highest BCUT2D eigenvalue weighted by Crippen LogP contribution is 2.23. The number of carbonyl (C=O) groups excluding carboxylic acids is 1. The standard InChI is InChI=1S/C19H17F3N2O3/c1-24-9-8-13-10-14(4-7-16(13)24)17(25)11-23-18(26)12-2-5-15(6-3-12)27-19(20,21)22/h2-10,17,25H,11H2,1H3,(H,23,26)/t17-/m1/s1. The highest BCUT2D eigenvalue weighted by Gasteiger charge is 2.31. The van der Waals surface area contributed by atoms with E-state index in [1.54, 1.807) is 6.07 Å². The summed E-state index contributed by atoms with van der Waals surface area (Å²) in [6.45, 7) is -0.0298. The van der Waals surface area contributed by atoms with Crippen molar-refractivity contribution < 1.29 is 27.8 Å². The van der Waals surface area contributed by atoms with Gasteiger partial charge in [-0.1, -0.05) is 6.07 Å². The van der Waals surface area contributed by atoms with Gasteiger partial charge in [-0.3, -0.25) is 4.79 Å². The van der Waals surface area contributed by atoms with Crippen molar-refractivity contribution in [2.24, 2.45) is 7.05 Å². The second-order valence-corrected chi connectivity index (χ2v) is 6.04. The Labute approximate surface area is 153 Å². The van der Waals surface area contributed by atoms with E-state index in [-0.39, 0.29) is 12.1 Å². The fourth-order valence-corrected chi connectivity index (χ4v) is 2.72. The third-order valence-corrected chi connectivity index (χ3v) is 4.10. The fraction of sp³-hybridized carbons (Fsp3) is 0.211.